The fourth-order valence-corrected chi connectivity index (χ4v) is 2.01. The van der Waals surface area contributed by atoms with Crippen LogP contribution in [0.3, 0.4) is 0 Å². The maximum Gasteiger partial charge on any atom is 0.237 e. The van der Waals surface area contributed by atoms with Crippen molar-refractivity contribution in [3.8, 4) is 0 Å². The smallest absolute Gasteiger partial charge is 0.237 e. The zero-order valence-corrected chi connectivity index (χ0v) is 14.0. The van der Waals surface area contributed by atoms with Crippen LogP contribution >= 0.6 is 12.4 Å². The fourth-order valence-electron chi connectivity index (χ4n) is 2.01. The Morgan fingerprint density at radius 2 is 1.90 bits per heavy atom. The Hall–Kier alpha value is -1.26. The molecule has 120 valence electrons. The number of rotatable bonds is 8. The van der Waals surface area contributed by atoms with Gasteiger partial charge in [-0.25, -0.2) is 0 Å². The van der Waals surface area contributed by atoms with Crippen molar-refractivity contribution in [3.63, 3.8) is 0 Å². The Morgan fingerprint density at radius 3 is 2.43 bits per heavy atom. The van der Waals surface area contributed by atoms with Crippen LogP contribution in [0, 0.1) is 5.92 Å². The van der Waals surface area contributed by atoms with Gasteiger partial charge in [0.15, 0.2) is 0 Å². The van der Waals surface area contributed by atoms with Gasteiger partial charge in [-0.1, -0.05) is 32.0 Å². The molecule has 4 nitrogen and oxygen atoms in total. The van der Waals surface area contributed by atoms with E-state index in [1.165, 1.54) is 5.69 Å². The van der Waals surface area contributed by atoms with E-state index in [2.05, 4.69) is 29.3 Å². The molecular formula is C16H28ClN3O. The minimum atomic E-state index is -0.411. The number of amides is 1. The van der Waals surface area contributed by atoms with Crippen molar-refractivity contribution in [2.75, 3.05) is 24.5 Å². The van der Waals surface area contributed by atoms with E-state index < -0.39 is 6.04 Å². The number of nitrogens with two attached hydrogens (primary N) is 1. The molecule has 0 saturated carbocycles. The molecule has 0 aliphatic rings. The van der Waals surface area contributed by atoms with E-state index in [-0.39, 0.29) is 24.2 Å². The quantitative estimate of drug-likeness (QED) is 0.725. The third-order valence-corrected chi connectivity index (χ3v) is 3.43. The lowest BCUT2D eigenvalue weighted by Crippen LogP contribution is -2.44. The number of carbonyl (C=O) groups excluding carboxylic acids is 1. The molecule has 0 unspecified atom stereocenters. The molecule has 0 fully saturated rings. The van der Waals surface area contributed by atoms with E-state index in [9.17, 15) is 4.79 Å². The van der Waals surface area contributed by atoms with E-state index in [4.69, 9.17) is 5.73 Å². The highest BCUT2D eigenvalue weighted by atomic mass is 35.5. The molecule has 3 N–H and O–H groups in total. The van der Waals surface area contributed by atoms with Crippen LogP contribution in [0.2, 0.25) is 0 Å². The van der Waals surface area contributed by atoms with Gasteiger partial charge in [-0.3, -0.25) is 4.79 Å². The number of carbonyl (C=O) groups is 1. The molecule has 0 saturated heterocycles. The highest BCUT2D eigenvalue weighted by Crippen LogP contribution is 2.12. The molecule has 0 heterocycles. The summed E-state index contributed by atoms with van der Waals surface area (Å²) in [5, 5.41) is 2.90. The summed E-state index contributed by atoms with van der Waals surface area (Å²) in [6, 6.07) is 9.91. The summed E-state index contributed by atoms with van der Waals surface area (Å²) in [5.74, 6) is 0.120. The molecule has 0 radical (unpaired) electrons. The highest BCUT2D eigenvalue weighted by Gasteiger charge is 2.16. The number of anilines is 1. The summed E-state index contributed by atoms with van der Waals surface area (Å²) in [6.07, 6.45) is 0.916. The van der Waals surface area contributed by atoms with E-state index >= 15 is 0 Å². The van der Waals surface area contributed by atoms with Crippen LogP contribution in [0.1, 0.15) is 27.2 Å². The Balaban J connectivity index is 0.00000400. The van der Waals surface area contributed by atoms with Gasteiger partial charge >= 0.3 is 0 Å². The number of nitrogens with one attached hydrogen (secondary N) is 1. The standard InChI is InChI=1S/C16H27N3O.ClH/c1-4-19(14-9-6-5-7-10-14)12-8-11-18-16(20)15(17)13(2)3;/h5-7,9-10,13,15H,4,8,11-12,17H2,1-3H3,(H,18,20);1H/t15-;/m0./s1. The molecule has 0 aliphatic heterocycles. The summed E-state index contributed by atoms with van der Waals surface area (Å²) < 4.78 is 0. The first-order valence-corrected chi connectivity index (χ1v) is 7.39. The first-order valence-electron chi connectivity index (χ1n) is 7.39. The number of hydrogen-bond donors (Lipinski definition) is 2. The van der Waals surface area contributed by atoms with E-state index in [1.807, 2.05) is 32.0 Å². The van der Waals surface area contributed by atoms with Crippen LogP contribution in [0.25, 0.3) is 0 Å². The largest absolute Gasteiger partial charge is 0.372 e. The van der Waals surface area contributed by atoms with Crippen molar-refractivity contribution < 1.29 is 4.79 Å². The summed E-state index contributed by atoms with van der Waals surface area (Å²) in [6.45, 7) is 8.61. The summed E-state index contributed by atoms with van der Waals surface area (Å²) >= 11 is 0. The van der Waals surface area contributed by atoms with Gasteiger partial charge in [0.1, 0.15) is 0 Å². The zero-order chi connectivity index (χ0) is 15.0. The molecule has 1 aromatic carbocycles. The third-order valence-electron chi connectivity index (χ3n) is 3.43. The predicted molar refractivity (Wildman–Crippen MR) is 92.0 cm³/mol. The molecule has 1 rings (SSSR count). The van der Waals surface area contributed by atoms with Gasteiger partial charge < -0.3 is 16.0 Å². The van der Waals surface area contributed by atoms with Gasteiger partial charge in [0.25, 0.3) is 0 Å². The maximum absolute atomic E-state index is 11.7. The second-order valence-electron chi connectivity index (χ2n) is 5.33. The molecule has 1 aromatic rings. The average Bonchev–Trinajstić information content (AvgIpc) is 2.47. The van der Waals surface area contributed by atoms with Crippen molar-refractivity contribution in [3.05, 3.63) is 30.3 Å². The van der Waals surface area contributed by atoms with Gasteiger partial charge in [-0.15, -0.1) is 12.4 Å². The average molecular weight is 314 g/mol. The van der Waals surface area contributed by atoms with Crippen LogP contribution in [0.5, 0.6) is 0 Å². The molecule has 5 heteroatoms. The van der Waals surface area contributed by atoms with Gasteiger partial charge in [0.05, 0.1) is 6.04 Å². The second kappa shape index (κ2) is 10.5. The minimum Gasteiger partial charge on any atom is -0.372 e. The van der Waals surface area contributed by atoms with Crippen molar-refractivity contribution in [1.82, 2.24) is 5.32 Å². The van der Waals surface area contributed by atoms with Gasteiger partial charge in [0.2, 0.25) is 5.91 Å². The molecule has 0 bridgehead atoms. The van der Waals surface area contributed by atoms with Crippen molar-refractivity contribution >= 4 is 24.0 Å². The monoisotopic (exact) mass is 313 g/mol. The summed E-state index contributed by atoms with van der Waals surface area (Å²) in [4.78, 5) is 14.0. The Bertz CT molecular complexity index is 398. The Labute approximate surface area is 134 Å². The number of benzene rings is 1. The van der Waals surface area contributed by atoms with Crippen LogP contribution in [-0.4, -0.2) is 31.6 Å². The third kappa shape index (κ3) is 6.82. The lowest BCUT2D eigenvalue weighted by molar-refractivity contribution is -0.123. The lowest BCUT2D eigenvalue weighted by atomic mass is 10.1. The van der Waals surface area contributed by atoms with Crippen LogP contribution in [0.4, 0.5) is 5.69 Å². The summed E-state index contributed by atoms with van der Waals surface area (Å²) in [7, 11) is 0. The first kappa shape index (κ1) is 19.7. The summed E-state index contributed by atoms with van der Waals surface area (Å²) in [5.41, 5.74) is 7.02. The predicted octanol–water partition coefficient (Wildman–Crippen LogP) is 2.42. The maximum atomic E-state index is 11.7. The van der Waals surface area contributed by atoms with Crippen LogP contribution in [-0.2, 0) is 4.79 Å². The fraction of sp³-hybridized carbons (Fsp3) is 0.562. The Kier molecular flexibility index (Phi) is 9.84. The molecule has 1 atom stereocenters. The molecule has 0 spiro atoms. The van der Waals surface area contributed by atoms with Crippen molar-refractivity contribution in [1.29, 1.82) is 0 Å². The molecule has 1 amide bonds. The second-order valence-corrected chi connectivity index (χ2v) is 5.33. The van der Waals surface area contributed by atoms with Crippen molar-refractivity contribution in [2.24, 2.45) is 11.7 Å². The molecule has 0 aliphatic carbocycles. The number of halogens is 1. The van der Waals surface area contributed by atoms with Crippen LogP contribution < -0.4 is 16.0 Å². The Morgan fingerprint density at radius 1 is 1.29 bits per heavy atom. The van der Waals surface area contributed by atoms with Crippen molar-refractivity contribution in [2.45, 2.75) is 33.2 Å². The van der Waals surface area contributed by atoms with Gasteiger partial charge in [-0.05, 0) is 31.4 Å². The topological polar surface area (TPSA) is 58.4 Å². The lowest BCUT2D eigenvalue weighted by Gasteiger charge is -2.23. The molecular weight excluding hydrogens is 286 g/mol. The zero-order valence-electron chi connectivity index (χ0n) is 13.2. The first-order chi connectivity index (χ1) is 9.56. The van der Waals surface area contributed by atoms with Gasteiger partial charge in [-0.2, -0.15) is 0 Å². The molecule has 0 aromatic heterocycles. The van der Waals surface area contributed by atoms with Gasteiger partial charge in [0, 0.05) is 25.3 Å². The number of para-hydroxylation sites is 1. The van der Waals surface area contributed by atoms with E-state index in [1.54, 1.807) is 0 Å². The van der Waals surface area contributed by atoms with Crippen LogP contribution in [0.15, 0.2) is 30.3 Å². The normalized spacial score (nSPS) is 11.7. The number of hydrogen-bond acceptors (Lipinski definition) is 3. The number of nitrogens with zero attached hydrogens (tertiary/aromatic N) is 1. The minimum absolute atomic E-state index is 0. The van der Waals surface area contributed by atoms with E-state index in [0.29, 0.717) is 6.54 Å². The SMILES string of the molecule is CCN(CCCNC(=O)[C@@H](N)C(C)C)c1ccccc1.Cl. The molecule has 21 heavy (non-hydrogen) atoms. The van der Waals surface area contributed by atoms with E-state index in [0.717, 1.165) is 19.5 Å². The highest BCUT2D eigenvalue weighted by molar-refractivity contribution is 5.85.